The van der Waals surface area contributed by atoms with Gasteiger partial charge in [-0.25, -0.2) is 8.78 Å². The van der Waals surface area contributed by atoms with Gasteiger partial charge in [-0.15, -0.1) is 0 Å². The number of ether oxygens (including phenoxy) is 2. The Balaban J connectivity index is 1.23. The Morgan fingerprint density at radius 3 is 2.73 bits per heavy atom. The molecule has 1 aromatic heterocycles. The average Bonchev–Trinajstić information content (AvgIpc) is 3.01. The zero-order valence-electron chi connectivity index (χ0n) is 14.7. The van der Waals surface area contributed by atoms with E-state index in [4.69, 9.17) is 9.47 Å². The quantitative estimate of drug-likeness (QED) is 0.822. The van der Waals surface area contributed by atoms with Crippen LogP contribution in [0.1, 0.15) is 37.7 Å². The smallest absolute Gasteiger partial charge is 0.249 e. The zero-order chi connectivity index (χ0) is 18.2. The molecule has 2 saturated heterocycles. The Morgan fingerprint density at radius 1 is 1.31 bits per heavy atom. The van der Waals surface area contributed by atoms with Gasteiger partial charge in [0.15, 0.2) is 0 Å². The summed E-state index contributed by atoms with van der Waals surface area (Å²) in [6.07, 6.45) is 5.28. The van der Waals surface area contributed by atoms with Gasteiger partial charge in [0.05, 0.1) is 24.9 Å². The highest BCUT2D eigenvalue weighted by molar-refractivity contribution is 5.80. The van der Waals surface area contributed by atoms with E-state index in [1.807, 2.05) is 12.1 Å². The predicted octanol–water partition coefficient (Wildman–Crippen LogP) is 2.79. The maximum absolute atomic E-state index is 13.0. The minimum absolute atomic E-state index is 0.0442. The molecule has 1 amide bonds. The van der Waals surface area contributed by atoms with Crippen LogP contribution in [0, 0.1) is 5.92 Å². The van der Waals surface area contributed by atoms with Crippen molar-refractivity contribution in [3.63, 3.8) is 0 Å². The minimum Gasteiger partial charge on any atom is -0.372 e. The van der Waals surface area contributed by atoms with Gasteiger partial charge in [-0.2, -0.15) is 0 Å². The third-order valence-electron chi connectivity index (χ3n) is 5.81. The first-order chi connectivity index (χ1) is 12.4. The summed E-state index contributed by atoms with van der Waals surface area (Å²) < 4.78 is 38.0. The largest absolute Gasteiger partial charge is 0.372 e. The van der Waals surface area contributed by atoms with Crippen molar-refractivity contribution in [2.24, 2.45) is 5.92 Å². The van der Waals surface area contributed by atoms with E-state index < -0.39 is 11.8 Å². The van der Waals surface area contributed by atoms with Crippen LogP contribution in [0.25, 0.3) is 0 Å². The van der Waals surface area contributed by atoms with Crippen molar-refractivity contribution in [3.8, 4) is 0 Å². The van der Waals surface area contributed by atoms with Gasteiger partial charge in [-0.05, 0) is 24.5 Å². The number of rotatable bonds is 4. The molecule has 1 aliphatic carbocycles. The number of alkyl halides is 2. The molecule has 142 valence electrons. The lowest BCUT2D eigenvalue weighted by atomic mass is 9.79. The number of aromatic nitrogens is 1. The molecule has 5 nitrogen and oxygen atoms in total. The van der Waals surface area contributed by atoms with E-state index in [9.17, 15) is 13.6 Å². The van der Waals surface area contributed by atoms with Crippen LogP contribution in [0.5, 0.6) is 0 Å². The van der Waals surface area contributed by atoms with Gasteiger partial charge in [-0.1, -0.05) is 6.07 Å². The summed E-state index contributed by atoms with van der Waals surface area (Å²) in [6.45, 7) is 2.23. The van der Waals surface area contributed by atoms with E-state index in [1.54, 1.807) is 17.3 Å². The number of halogens is 2. The van der Waals surface area contributed by atoms with Crippen LogP contribution in [0.2, 0.25) is 0 Å². The third kappa shape index (κ3) is 3.74. The fourth-order valence-electron chi connectivity index (χ4n) is 4.18. The molecule has 2 aliphatic heterocycles. The Labute approximate surface area is 151 Å². The average molecular weight is 366 g/mol. The van der Waals surface area contributed by atoms with Crippen molar-refractivity contribution in [1.82, 2.24) is 9.88 Å². The van der Waals surface area contributed by atoms with Crippen LogP contribution < -0.4 is 0 Å². The SMILES string of the molecule is O=C(C1CC(F)(F)C1)N1CCC2(CC1)CC(OCc1cccnc1)CO2. The topological polar surface area (TPSA) is 51.7 Å². The molecule has 1 atom stereocenters. The molecule has 1 unspecified atom stereocenters. The Hall–Kier alpha value is -1.60. The van der Waals surface area contributed by atoms with Crippen LogP contribution in [0.3, 0.4) is 0 Å². The minimum atomic E-state index is -2.65. The number of carbonyl (C=O) groups excluding carboxylic acids is 1. The Kier molecular flexibility index (Phi) is 4.69. The highest BCUT2D eigenvalue weighted by Gasteiger charge is 2.51. The first-order valence-corrected chi connectivity index (χ1v) is 9.26. The lowest BCUT2D eigenvalue weighted by Gasteiger charge is -2.42. The maximum Gasteiger partial charge on any atom is 0.249 e. The molecule has 26 heavy (non-hydrogen) atoms. The number of hydrogen-bond donors (Lipinski definition) is 0. The second kappa shape index (κ2) is 6.85. The number of nitrogens with zero attached hydrogens (tertiary/aromatic N) is 2. The molecular weight excluding hydrogens is 342 g/mol. The molecule has 7 heteroatoms. The van der Waals surface area contributed by atoms with Crippen LogP contribution in [0.15, 0.2) is 24.5 Å². The van der Waals surface area contributed by atoms with Crippen LogP contribution in [0.4, 0.5) is 8.78 Å². The number of pyridine rings is 1. The highest BCUT2D eigenvalue weighted by atomic mass is 19.3. The van der Waals surface area contributed by atoms with E-state index >= 15 is 0 Å². The van der Waals surface area contributed by atoms with Crippen molar-refractivity contribution in [2.45, 2.75) is 56.3 Å². The monoisotopic (exact) mass is 366 g/mol. The summed E-state index contributed by atoms with van der Waals surface area (Å²) in [5.74, 6) is -3.27. The van der Waals surface area contributed by atoms with Gasteiger partial charge in [0.25, 0.3) is 0 Å². The second-order valence-corrected chi connectivity index (χ2v) is 7.78. The van der Waals surface area contributed by atoms with Gasteiger partial charge in [-0.3, -0.25) is 9.78 Å². The van der Waals surface area contributed by atoms with E-state index in [-0.39, 0.29) is 30.5 Å². The second-order valence-electron chi connectivity index (χ2n) is 7.78. The van der Waals surface area contributed by atoms with Crippen molar-refractivity contribution in [3.05, 3.63) is 30.1 Å². The lowest BCUT2D eigenvalue weighted by Crippen LogP contribution is -2.52. The van der Waals surface area contributed by atoms with E-state index in [2.05, 4.69) is 4.98 Å². The molecule has 3 heterocycles. The Morgan fingerprint density at radius 2 is 2.08 bits per heavy atom. The van der Waals surface area contributed by atoms with Crippen LogP contribution in [-0.2, 0) is 20.9 Å². The molecule has 1 spiro atoms. The summed E-state index contributed by atoms with van der Waals surface area (Å²) >= 11 is 0. The normalized spacial score (nSPS) is 27.5. The summed E-state index contributed by atoms with van der Waals surface area (Å²) in [7, 11) is 0. The van der Waals surface area contributed by atoms with Crippen LogP contribution in [-0.4, -0.2) is 53.1 Å². The maximum atomic E-state index is 13.0. The first-order valence-electron chi connectivity index (χ1n) is 9.26. The molecule has 1 saturated carbocycles. The highest BCUT2D eigenvalue weighted by Crippen LogP contribution is 2.44. The molecule has 4 rings (SSSR count). The number of likely N-dealkylation sites (tertiary alicyclic amines) is 1. The van der Waals surface area contributed by atoms with Crippen molar-refractivity contribution >= 4 is 5.91 Å². The summed E-state index contributed by atoms with van der Waals surface area (Å²) in [5.41, 5.74) is 0.797. The summed E-state index contributed by atoms with van der Waals surface area (Å²) in [4.78, 5) is 18.1. The van der Waals surface area contributed by atoms with Gasteiger partial charge in [0.1, 0.15) is 0 Å². The molecular formula is C19H24F2N2O3. The van der Waals surface area contributed by atoms with Gasteiger partial charge in [0.2, 0.25) is 11.8 Å². The predicted molar refractivity (Wildman–Crippen MR) is 89.6 cm³/mol. The number of carbonyl (C=O) groups is 1. The summed E-state index contributed by atoms with van der Waals surface area (Å²) in [6, 6.07) is 3.86. The van der Waals surface area contributed by atoms with Gasteiger partial charge in [0, 0.05) is 50.7 Å². The zero-order valence-corrected chi connectivity index (χ0v) is 14.7. The number of amides is 1. The third-order valence-corrected chi connectivity index (χ3v) is 5.81. The van der Waals surface area contributed by atoms with Gasteiger partial charge >= 0.3 is 0 Å². The Bertz CT molecular complexity index is 639. The van der Waals surface area contributed by atoms with Gasteiger partial charge < -0.3 is 14.4 Å². The lowest BCUT2D eigenvalue weighted by molar-refractivity contribution is -0.163. The standard InChI is InChI=1S/C19H24F2N2O3/c20-19(21)8-15(9-19)17(24)23-6-3-18(4-7-23)10-16(13-26-18)25-12-14-2-1-5-22-11-14/h1-2,5,11,15-16H,3-4,6-10,12-13H2. The van der Waals surface area contributed by atoms with Crippen molar-refractivity contribution in [1.29, 1.82) is 0 Å². The van der Waals surface area contributed by atoms with Crippen molar-refractivity contribution in [2.75, 3.05) is 19.7 Å². The van der Waals surface area contributed by atoms with E-state index in [0.717, 1.165) is 24.8 Å². The first kappa shape index (κ1) is 17.8. The van der Waals surface area contributed by atoms with E-state index in [0.29, 0.717) is 26.3 Å². The van der Waals surface area contributed by atoms with E-state index in [1.165, 1.54) is 0 Å². The summed E-state index contributed by atoms with van der Waals surface area (Å²) in [5, 5.41) is 0. The fourth-order valence-corrected chi connectivity index (χ4v) is 4.18. The van der Waals surface area contributed by atoms with Crippen LogP contribution >= 0.6 is 0 Å². The molecule has 0 N–H and O–H groups in total. The van der Waals surface area contributed by atoms with Crippen molar-refractivity contribution < 1.29 is 23.0 Å². The number of piperidine rings is 1. The molecule has 0 radical (unpaired) electrons. The fraction of sp³-hybridized carbons (Fsp3) is 0.684. The molecule has 0 aromatic carbocycles. The molecule has 3 fully saturated rings. The molecule has 0 bridgehead atoms. The molecule has 3 aliphatic rings. The molecule has 1 aromatic rings. The number of hydrogen-bond acceptors (Lipinski definition) is 4.